The first-order valence-corrected chi connectivity index (χ1v) is 6.31. The van der Waals surface area contributed by atoms with Crippen LogP contribution in [0.2, 0.25) is 15.2 Å². The molecule has 3 N–H and O–H groups in total. The Bertz CT molecular complexity index is 671. The molecule has 9 heteroatoms. The molecule has 0 saturated heterocycles. The standard InChI is InChI=1S/C11H7Cl3N4O2/c12-6-8(15)7(13)10(14)17-9(6)11(19)18-16-4-5-2-1-3-20-5/h1-4H,(H2,15,17)(H,18,19)/b16-4-. The van der Waals surface area contributed by atoms with Crippen molar-refractivity contribution in [3.05, 3.63) is 45.0 Å². The van der Waals surface area contributed by atoms with Gasteiger partial charge in [-0.3, -0.25) is 4.79 Å². The van der Waals surface area contributed by atoms with Crippen LogP contribution in [0, 0.1) is 0 Å². The number of halogens is 3. The van der Waals surface area contributed by atoms with Gasteiger partial charge in [0.15, 0.2) is 10.8 Å². The third-order valence-corrected chi connectivity index (χ3v) is 3.32. The molecule has 0 saturated carbocycles. The van der Waals surface area contributed by atoms with E-state index in [1.165, 1.54) is 12.5 Å². The molecule has 2 rings (SSSR count). The van der Waals surface area contributed by atoms with Crippen LogP contribution in [-0.2, 0) is 0 Å². The topological polar surface area (TPSA) is 93.5 Å². The molecule has 0 aliphatic heterocycles. The number of nitrogens with zero attached hydrogens (tertiary/aromatic N) is 2. The first kappa shape index (κ1) is 14.6. The molecule has 0 atom stereocenters. The minimum atomic E-state index is -0.678. The molecule has 0 aliphatic rings. The SMILES string of the molecule is Nc1c(Cl)c(Cl)nc(C(=O)N/N=C\c2ccco2)c1Cl. The number of nitrogen functional groups attached to an aromatic ring is 1. The Labute approximate surface area is 128 Å². The normalized spacial score (nSPS) is 10.9. The highest BCUT2D eigenvalue weighted by Crippen LogP contribution is 2.34. The van der Waals surface area contributed by atoms with Gasteiger partial charge in [0.1, 0.15) is 10.8 Å². The molecule has 1 amide bonds. The number of nitrogens with two attached hydrogens (primary N) is 1. The van der Waals surface area contributed by atoms with Crippen molar-refractivity contribution >= 4 is 52.6 Å². The van der Waals surface area contributed by atoms with Crippen molar-refractivity contribution in [3.8, 4) is 0 Å². The molecule has 0 spiro atoms. The lowest BCUT2D eigenvalue weighted by atomic mass is 10.3. The van der Waals surface area contributed by atoms with Crippen molar-refractivity contribution in [2.75, 3.05) is 5.73 Å². The number of nitrogens with one attached hydrogen (secondary N) is 1. The van der Waals surface area contributed by atoms with Crippen LogP contribution < -0.4 is 11.2 Å². The van der Waals surface area contributed by atoms with E-state index in [1.54, 1.807) is 12.1 Å². The van der Waals surface area contributed by atoms with E-state index in [1.807, 2.05) is 0 Å². The Hall–Kier alpha value is -1.76. The summed E-state index contributed by atoms with van der Waals surface area (Å²) in [4.78, 5) is 15.6. The largest absolute Gasteiger partial charge is 0.463 e. The number of carbonyl (C=O) groups excluding carboxylic acids is 1. The molecule has 20 heavy (non-hydrogen) atoms. The van der Waals surface area contributed by atoms with Crippen LogP contribution in [0.1, 0.15) is 16.2 Å². The predicted octanol–water partition coefficient (Wildman–Crippen LogP) is 2.98. The number of hydrogen-bond donors (Lipinski definition) is 2. The predicted molar refractivity (Wildman–Crippen MR) is 77.4 cm³/mol. The summed E-state index contributed by atoms with van der Waals surface area (Å²) in [5.41, 5.74) is 7.63. The van der Waals surface area contributed by atoms with E-state index in [2.05, 4.69) is 15.5 Å². The second-order valence-electron chi connectivity index (χ2n) is 3.51. The third kappa shape index (κ3) is 3.04. The van der Waals surface area contributed by atoms with Gasteiger partial charge in [0.25, 0.3) is 5.91 Å². The van der Waals surface area contributed by atoms with E-state index < -0.39 is 5.91 Å². The number of pyridine rings is 1. The minimum Gasteiger partial charge on any atom is -0.463 e. The molecule has 6 nitrogen and oxygen atoms in total. The maximum atomic E-state index is 11.9. The molecule has 0 aromatic carbocycles. The average molecular weight is 334 g/mol. The second-order valence-corrected chi connectivity index (χ2v) is 4.62. The van der Waals surface area contributed by atoms with Gasteiger partial charge in [-0.2, -0.15) is 5.10 Å². The smallest absolute Gasteiger partial charge is 0.291 e. The zero-order chi connectivity index (χ0) is 14.7. The molecule has 0 unspecified atom stereocenters. The van der Waals surface area contributed by atoms with E-state index in [0.717, 1.165) is 0 Å². The number of amides is 1. The first-order valence-electron chi connectivity index (χ1n) is 5.17. The molecular weight excluding hydrogens is 327 g/mol. The van der Waals surface area contributed by atoms with E-state index in [4.69, 9.17) is 45.0 Å². The van der Waals surface area contributed by atoms with E-state index in [9.17, 15) is 4.79 Å². The number of rotatable bonds is 3. The van der Waals surface area contributed by atoms with Crippen LogP contribution in [0.3, 0.4) is 0 Å². The lowest BCUT2D eigenvalue weighted by molar-refractivity contribution is 0.0950. The molecule has 0 aliphatic carbocycles. The fraction of sp³-hybridized carbons (Fsp3) is 0. The number of hydrazone groups is 1. The Balaban J connectivity index is 2.18. The summed E-state index contributed by atoms with van der Waals surface area (Å²) in [6.45, 7) is 0. The summed E-state index contributed by atoms with van der Waals surface area (Å²) in [5.74, 6) is -0.207. The fourth-order valence-electron chi connectivity index (χ4n) is 1.25. The fourth-order valence-corrected chi connectivity index (χ4v) is 1.85. The molecule has 0 fully saturated rings. The summed E-state index contributed by atoms with van der Waals surface area (Å²) < 4.78 is 5.00. The Morgan fingerprint density at radius 1 is 1.40 bits per heavy atom. The summed E-state index contributed by atoms with van der Waals surface area (Å²) in [7, 11) is 0. The number of carbonyl (C=O) groups is 1. The number of hydrogen-bond acceptors (Lipinski definition) is 5. The average Bonchev–Trinajstić information content (AvgIpc) is 2.93. The Morgan fingerprint density at radius 2 is 2.15 bits per heavy atom. The van der Waals surface area contributed by atoms with Gasteiger partial charge in [0.05, 0.1) is 23.2 Å². The number of anilines is 1. The van der Waals surface area contributed by atoms with Gasteiger partial charge in [0, 0.05) is 0 Å². The summed E-state index contributed by atoms with van der Waals surface area (Å²) >= 11 is 17.4. The van der Waals surface area contributed by atoms with Gasteiger partial charge in [-0.15, -0.1) is 0 Å². The van der Waals surface area contributed by atoms with Crippen molar-refractivity contribution in [3.63, 3.8) is 0 Å². The van der Waals surface area contributed by atoms with Crippen LogP contribution in [0.4, 0.5) is 5.69 Å². The van der Waals surface area contributed by atoms with E-state index in [0.29, 0.717) is 5.76 Å². The summed E-state index contributed by atoms with van der Waals surface area (Å²) in [6, 6.07) is 3.35. The molecule has 0 bridgehead atoms. The zero-order valence-electron chi connectivity index (χ0n) is 9.73. The molecule has 2 aromatic rings. The van der Waals surface area contributed by atoms with Gasteiger partial charge in [-0.05, 0) is 12.1 Å². The first-order chi connectivity index (χ1) is 9.50. The highest BCUT2D eigenvalue weighted by atomic mass is 35.5. The van der Waals surface area contributed by atoms with Crippen LogP contribution in [0.25, 0.3) is 0 Å². The van der Waals surface area contributed by atoms with Gasteiger partial charge in [-0.1, -0.05) is 34.8 Å². The van der Waals surface area contributed by atoms with Gasteiger partial charge < -0.3 is 10.2 Å². The number of furan rings is 1. The Kier molecular flexibility index (Phi) is 4.49. The van der Waals surface area contributed by atoms with Crippen molar-refractivity contribution in [2.45, 2.75) is 0 Å². The maximum absolute atomic E-state index is 11.9. The quantitative estimate of drug-likeness (QED) is 0.513. The van der Waals surface area contributed by atoms with Gasteiger partial charge in [0.2, 0.25) is 0 Å². The van der Waals surface area contributed by atoms with Crippen LogP contribution >= 0.6 is 34.8 Å². The van der Waals surface area contributed by atoms with Crippen LogP contribution in [-0.4, -0.2) is 17.1 Å². The molecule has 104 valence electrons. The van der Waals surface area contributed by atoms with Crippen molar-refractivity contribution in [1.29, 1.82) is 0 Å². The monoisotopic (exact) mass is 332 g/mol. The van der Waals surface area contributed by atoms with Gasteiger partial charge >= 0.3 is 0 Å². The maximum Gasteiger partial charge on any atom is 0.291 e. The van der Waals surface area contributed by atoms with Crippen LogP contribution in [0.5, 0.6) is 0 Å². The van der Waals surface area contributed by atoms with Crippen molar-refractivity contribution in [1.82, 2.24) is 10.4 Å². The second kappa shape index (κ2) is 6.13. The lowest BCUT2D eigenvalue weighted by Gasteiger charge is -2.07. The Morgan fingerprint density at radius 3 is 2.80 bits per heavy atom. The molecule has 2 heterocycles. The van der Waals surface area contributed by atoms with Crippen molar-refractivity contribution < 1.29 is 9.21 Å². The third-order valence-electron chi connectivity index (χ3n) is 2.19. The molecule has 0 radical (unpaired) electrons. The molecule has 2 aromatic heterocycles. The summed E-state index contributed by atoms with van der Waals surface area (Å²) in [5, 5.41) is 3.46. The highest BCUT2D eigenvalue weighted by Gasteiger charge is 2.19. The highest BCUT2D eigenvalue weighted by molar-refractivity contribution is 6.46. The zero-order valence-corrected chi connectivity index (χ0v) is 12.0. The van der Waals surface area contributed by atoms with E-state index in [-0.39, 0.29) is 26.6 Å². The minimum absolute atomic E-state index is 0.00713. The molecular formula is C11H7Cl3N4O2. The summed E-state index contributed by atoms with van der Waals surface area (Å²) in [6.07, 6.45) is 2.79. The van der Waals surface area contributed by atoms with Gasteiger partial charge in [-0.25, -0.2) is 10.4 Å². The number of aromatic nitrogens is 1. The van der Waals surface area contributed by atoms with Crippen LogP contribution in [0.15, 0.2) is 27.9 Å². The van der Waals surface area contributed by atoms with E-state index >= 15 is 0 Å². The lowest BCUT2D eigenvalue weighted by Crippen LogP contribution is -2.20. The van der Waals surface area contributed by atoms with Crippen molar-refractivity contribution in [2.24, 2.45) is 5.10 Å².